The third kappa shape index (κ3) is 6.45. The average Bonchev–Trinajstić information content (AvgIpc) is 2.37. The zero-order valence-electron chi connectivity index (χ0n) is 11.5. The Bertz CT molecular complexity index is 385. The Balaban J connectivity index is 0.00000324. The van der Waals surface area contributed by atoms with Gasteiger partial charge in [0.15, 0.2) is 0 Å². The van der Waals surface area contributed by atoms with Crippen LogP contribution in [0.25, 0.3) is 0 Å². The van der Waals surface area contributed by atoms with Gasteiger partial charge in [-0.15, -0.1) is 12.4 Å². The van der Waals surface area contributed by atoms with E-state index in [0.717, 1.165) is 17.7 Å². The molecule has 3 N–H and O–H groups in total. The van der Waals surface area contributed by atoms with E-state index in [0.29, 0.717) is 19.6 Å². The van der Waals surface area contributed by atoms with Crippen LogP contribution in [0, 0.1) is 0 Å². The first-order chi connectivity index (χ1) is 8.67. The molecule has 4 nitrogen and oxygen atoms in total. The average molecular weight is 287 g/mol. The normalized spacial score (nSPS) is 11.3. The number of nitrogens with two attached hydrogens (primary N) is 1. The zero-order valence-corrected chi connectivity index (χ0v) is 12.3. The van der Waals surface area contributed by atoms with Gasteiger partial charge in [-0.05, 0) is 31.0 Å². The van der Waals surface area contributed by atoms with Crippen LogP contribution < -0.4 is 15.8 Å². The summed E-state index contributed by atoms with van der Waals surface area (Å²) in [5.74, 6) is 0.723. The molecule has 19 heavy (non-hydrogen) atoms. The van der Waals surface area contributed by atoms with E-state index in [1.54, 1.807) is 0 Å². The molecule has 0 bridgehead atoms. The van der Waals surface area contributed by atoms with Gasteiger partial charge in [-0.3, -0.25) is 4.79 Å². The van der Waals surface area contributed by atoms with E-state index in [1.165, 1.54) is 0 Å². The lowest BCUT2D eigenvalue weighted by atomic mass is 10.1. The van der Waals surface area contributed by atoms with Crippen LogP contribution >= 0.6 is 12.4 Å². The molecular formula is C14H23ClN2O2. The number of rotatable bonds is 7. The first-order valence-corrected chi connectivity index (χ1v) is 6.42. The standard InChI is InChI=1S/C14H22N2O2.ClH/c1-3-6-13(15)14(17)16-10-11-7-5-8-12(9-11)18-4-2;/h5,7-9,13H,3-4,6,10,15H2,1-2H3,(H,16,17);1H. The van der Waals surface area contributed by atoms with Gasteiger partial charge in [0.2, 0.25) is 5.91 Å². The van der Waals surface area contributed by atoms with E-state index in [4.69, 9.17) is 10.5 Å². The maximum Gasteiger partial charge on any atom is 0.237 e. The molecular weight excluding hydrogens is 264 g/mol. The van der Waals surface area contributed by atoms with Crippen molar-refractivity contribution in [1.29, 1.82) is 0 Å². The van der Waals surface area contributed by atoms with Crippen molar-refractivity contribution < 1.29 is 9.53 Å². The van der Waals surface area contributed by atoms with Crippen LogP contribution in [0.3, 0.4) is 0 Å². The van der Waals surface area contributed by atoms with Crippen LogP contribution in [0.1, 0.15) is 32.3 Å². The largest absolute Gasteiger partial charge is 0.494 e. The second kappa shape index (κ2) is 9.64. The number of benzene rings is 1. The molecule has 0 spiro atoms. The van der Waals surface area contributed by atoms with Gasteiger partial charge in [0.05, 0.1) is 12.6 Å². The van der Waals surface area contributed by atoms with Gasteiger partial charge in [0, 0.05) is 6.54 Å². The summed E-state index contributed by atoms with van der Waals surface area (Å²) in [7, 11) is 0. The van der Waals surface area contributed by atoms with Gasteiger partial charge in [-0.25, -0.2) is 0 Å². The SMILES string of the molecule is CCCC(N)C(=O)NCc1cccc(OCC)c1.Cl. The van der Waals surface area contributed by atoms with Crippen molar-refractivity contribution >= 4 is 18.3 Å². The fourth-order valence-electron chi connectivity index (χ4n) is 1.67. The fraction of sp³-hybridized carbons (Fsp3) is 0.500. The Morgan fingerprint density at radius 1 is 1.42 bits per heavy atom. The molecule has 108 valence electrons. The van der Waals surface area contributed by atoms with Gasteiger partial charge >= 0.3 is 0 Å². The van der Waals surface area contributed by atoms with Crippen molar-refractivity contribution in [2.75, 3.05) is 6.61 Å². The molecule has 0 heterocycles. The van der Waals surface area contributed by atoms with Crippen LogP contribution in [-0.4, -0.2) is 18.6 Å². The molecule has 0 aliphatic carbocycles. The molecule has 0 aliphatic heterocycles. The molecule has 1 unspecified atom stereocenters. The molecule has 0 saturated heterocycles. The molecule has 0 saturated carbocycles. The number of halogens is 1. The zero-order chi connectivity index (χ0) is 13.4. The van der Waals surface area contributed by atoms with Crippen LogP contribution in [0.4, 0.5) is 0 Å². The number of nitrogens with one attached hydrogen (secondary N) is 1. The second-order valence-electron chi connectivity index (χ2n) is 4.19. The van der Waals surface area contributed by atoms with Crippen molar-refractivity contribution in [2.45, 2.75) is 39.3 Å². The van der Waals surface area contributed by atoms with E-state index in [9.17, 15) is 4.79 Å². The number of amides is 1. The minimum absolute atomic E-state index is 0. The monoisotopic (exact) mass is 286 g/mol. The molecule has 0 radical (unpaired) electrons. The molecule has 1 amide bonds. The maximum atomic E-state index is 11.6. The summed E-state index contributed by atoms with van der Waals surface area (Å²) in [4.78, 5) is 11.6. The Hall–Kier alpha value is -1.26. The number of carbonyl (C=O) groups excluding carboxylic acids is 1. The minimum Gasteiger partial charge on any atom is -0.494 e. The third-order valence-corrected chi connectivity index (χ3v) is 2.61. The summed E-state index contributed by atoms with van der Waals surface area (Å²) in [5, 5.41) is 2.83. The fourth-order valence-corrected chi connectivity index (χ4v) is 1.67. The lowest BCUT2D eigenvalue weighted by Crippen LogP contribution is -2.40. The van der Waals surface area contributed by atoms with Gasteiger partial charge in [0.25, 0.3) is 0 Å². The van der Waals surface area contributed by atoms with Crippen LogP contribution in [0.2, 0.25) is 0 Å². The van der Waals surface area contributed by atoms with Crippen LogP contribution in [0.15, 0.2) is 24.3 Å². The summed E-state index contributed by atoms with van der Waals surface area (Å²) in [6.07, 6.45) is 1.62. The summed E-state index contributed by atoms with van der Waals surface area (Å²) < 4.78 is 5.40. The van der Waals surface area contributed by atoms with Crippen molar-refractivity contribution in [1.82, 2.24) is 5.32 Å². The molecule has 0 aromatic heterocycles. The van der Waals surface area contributed by atoms with E-state index in [1.807, 2.05) is 38.1 Å². The number of ether oxygens (including phenoxy) is 1. The summed E-state index contributed by atoms with van der Waals surface area (Å²) in [6.45, 7) is 5.07. The summed E-state index contributed by atoms with van der Waals surface area (Å²) >= 11 is 0. The van der Waals surface area contributed by atoms with Gasteiger partial charge in [0.1, 0.15) is 5.75 Å². The van der Waals surface area contributed by atoms with Gasteiger partial charge in [-0.2, -0.15) is 0 Å². The van der Waals surface area contributed by atoms with E-state index in [-0.39, 0.29) is 18.3 Å². The smallest absolute Gasteiger partial charge is 0.237 e. The molecule has 1 aromatic rings. The van der Waals surface area contributed by atoms with Crippen molar-refractivity contribution in [3.8, 4) is 5.75 Å². The van der Waals surface area contributed by atoms with Gasteiger partial charge < -0.3 is 15.8 Å². The maximum absolute atomic E-state index is 11.6. The predicted octanol–water partition coefficient (Wildman–Crippen LogP) is 2.25. The Morgan fingerprint density at radius 2 is 2.16 bits per heavy atom. The highest BCUT2D eigenvalue weighted by atomic mass is 35.5. The Morgan fingerprint density at radius 3 is 2.79 bits per heavy atom. The molecule has 1 aromatic carbocycles. The van der Waals surface area contributed by atoms with E-state index in [2.05, 4.69) is 5.32 Å². The third-order valence-electron chi connectivity index (χ3n) is 2.61. The van der Waals surface area contributed by atoms with Gasteiger partial charge in [-0.1, -0.05) is 25.5 Å². The summed E-state index contributed by atoms with van der Waals surface area (Å²) in [5.41, 5.74) is 6.74. The molecule has 1 atom stereocenters. The highest BCUT2D eigenvalue weighted by Gasteiger charge is 2.11. The molecule has 0 aliphatic rings. The van der Waals surface area contributed by atoms with E-state index >= 15 is 0 Å². The Kier molecular flexibility index (Phi) is 9.00. The number of hydrogen-bond acceptors (Lipinski definition) is 3. The molecule has 0 fully saturated rings. The Labute approximate surface area is 121 Å². The highest BCUT2D eigenvalue weighted by Crippen LogP contribution is 2.13. The van der Waals surface area contributed by atoms with Crippen LogP contribution in [-0.2, 0) is 11.3 Å². The highest BCUT2D eigenvalue weighted by molar-refractivity contribution is 5.85. The van der Waals surface area contributed by atoms with Crippen molar-refractivity contribution in [3.63, 3.8) is 0 Å². The second-order valence-corrected chi connectivity index (χ2v) is 4.19. The van der Waals surface area contributed by atoms with Crippen LogP contribution in [0.5, 0.6) is 5.75 Å². The molecule has 1 rings (SSSR count). The quantitative estimate of drug-likeness (QED) is 0.808. The topological polar surface area (TPSA) is 64.4 Å². The minimum atomic E-state index is -0.412. The lowest BCUT2D eigenvalue weighted by Gasteiger charge is -2.11. The van der Waals surface area contributed by atoms with Crippen molar-refractivity contribution in [3.05, 3.63) is 29.8 Å². The van der Waals surface area contributed by atoms with Crippen molar-refractivity contribution in [2.24, 2.45) is 5.73 Å². The predicted molar refractivity (Wildman–Crippen MR) is 79.6 cm³/mol. The first-order valence-electron chi connectivity index (χ1n) is 6.42. The number of carbonyl (C=O) groups is 1. The first kappa shape index (κ1) is 17.7. The summed E-state index contributed by atoms with van der Waals surface area (Å²) in [6, 6.07) is 7.28. The number of hydrogen-bond donors (Lipinski definition) is 2. The molecule has 5 heteroatoms. The lowest BCUT2D eigenvalue weighted by molar-refractivity contribution is -0.122. The van der Waals surface area contributed by atoms with E-state index < -0.39 is 6.04 Å².